The Morgan fingerprint density at radius 2 is 1.95 bits per heavy atom. The summed E-state index contributed by atoms with van der Waals surface area (Å²) in [5.41, 5.74) is 1.61. The lowest BCUT2D eigenvalue weighted by Crippen LogP contribution is -1.88. The summed E-state index contributed by atoms with van der Waals surface area (Å²) in [5, 5.41) is 29.1. The molecule has 0 saturated carbocycles. The zero-order valence-corrected chi connectivity index (χ0v) is 10.4. The quantitative estimate of drug-likeness (QED) is 0.399. The van der Waals surface area contributed by atoms with Crippen molar-refractivity contribution in [3.8, 4) is 11.8 Å². The average molecular weight is 266 g/mol. The van der Waals surface area contributed by atoms with Gasteiger partial charge in [0.25, 0.3) is 5.69 Å². The summed E-state index contributed by atoms with van der Waals surface area (Å²) < 4.78 is 0. The highest BCUT2D eigenvalue weighted by Crippen LogP contribution is 2.22. The van der Waals surface area contributed by atoms with E-state index in [2.05, 4.69) is 0 Å². The van der Waals surface area contributed by atoms with Crippen molar-refractivity contribution in [2.45, 2.75) is 0 Å². The van der Waals surface area contributed by atoms with E-state index in [-0.39, 0.29) is 11.4 Å². The van der Waals surface area contributed by atoms with Gasteiger partial charge in [0.2, 0.25) is 0 Å². The molecule has 0 fully saturated rings. The van der Waals surface area contributed by atoms with Gasteiger partial charge in [-0.15, -0.1) is 0 Å². The minimum atomic E-state index is -0.491. The normalized spacial score (nSPS) is 10.8. The Morgan fingerprint density at radius 1 is 1.25 bits per heavy atom. The SMILES string of the molecule is N#C/C(=C\c1cccc(O)c1)c1ccc([N+](=O)[O-])cc1. The van der Waals surface area contributed by atoms with Gasteiger partial charge >= 0.3 is 0 Å². The topological polar surface area (TPSA) is 87.2 Å². The summed E-state index contributed by atoms with van der Waals surface area (Å²) in [6.07, 6.45) is 1.61. The Labute approximate surface area is 115 Å². The third-order valence-electron chi connectivity index (χ3n) is 2.69. The van der Waals surface area contributed by atoms with Gasteiger partial charge in [-0.2, -0.15) is 5.26 Å². The van der Waals surface area contributed by atoms with Crippen LogP contribution in [0, 0.1) is 21.4 Å². The van der Waals surface area contributed by atoms with Crippen LogP contribution in [0.2, 0.25) is 0 Å². The first-order valence-electron chi connectivity index (χ1n) is 5.76. The Morgan fingerprint density at radius 3 is 2.50 bits per heavy atom. The van der Waals surface area contributed by atoms with Crippen LogP contribution in [0.15, 0.2) is 48.5 Å². The van der Waals surface area contributed by atoms with E-state index in [0.717, 1.165) is 0 Å². The molecular weight excluding hydrogens is 256 g/mol. The molecule has 0 spiro atoms. The number of phenolic OH excluding ortho intramolecular Hbond substituents is 1. The third-order valence-corrected chi connectivity index (χ3v) is 2.69. The third kappa shape index (κ3) is 3.00. The highest BCUT2D eigenvalue weighted by molar-refractivity contribution is 5.89. The number of aromatic hydroxyl groups is 1. The molecular formula is C15H10N2O3. The number of non-ortho nitro benzene ring substituents is 1. The standard InChI is InChI=1S/C15H10N2O3/c16-10-13(8-11-2-1-3-15(18)9-11)12-4-6-14(7-5-12)17(19)20/h1-9,18H/b13-8+. The smallest absolute Gasteiger partial charge is 0.269 e. The molecule has 0 atom stereocenters. The van der Waals surface area contributed by atoms with E-state index in [9.17, 15) is 20.5 Å². The Hall–Kier alpha value is -3.13. The molecule has 2 aromatic carbocycles. The lowest BCUT2D eigenvalue weighted by Gasteiger charge is -2.00. The molecule has 0 amide bonds. The molecule has 0 aliphatic heterocycles. The van der Waals surface area contributed by atoms with Crippen molar-refractivity contribution in [3.05, 3.63) is 69.8 Å². The minimum Gasteiger partial charge on any atom is -0.508 e. The first kappa shape index (κ1) is 13.3. The first-order chi connectivity index (χ1) is 9.60. The number of phenols is 1. The number of nitrogens with zero attached hydrogens (tertiary/aromatic N) is 2. The van der Waals surface area contributed by atoms with Crippen LogP contribution in [-0.4, -0.2) is 10.0 Å². The molecule has 0 heterocycles. The second-order valence-corrected chi connectivity index (χ2v) is 4.07. The van der Waals surface area contributed by atoms with Crippen LogP contribution >= 0.6 is 0 Å². The number of benzene rings is 2. The summed E-state index contributed by atoms with van der Waals surface area (Å²) in [7, 11) is 0. The molecule has 1 N–H and O–H groups in total. The van der Waals surface area contributed by atoms with Gasteiger partial charge in [-0.3, -0.25) is 10.1 Å². The van der Waals surface area contributed by atoms with E-state index in [0.29, 0.717) is 16.7 Å². The first-order valence-corrected chi connectivity index (χ1v) is 5.76. The summed E-state index contributed by atoms with van der Waals surface area (Å²) in [6.45, 7) is 0. The monoisotopic (exact) mass is 266 g/mol. The molecule has 98 valence electrons. The molecule has 20 heavy (non-hydrogen) atoms. The van der Waals surface area contributed by atoms with Gasteiger partial charge in [-0.1, -0.05) is 12.1 Å². The summed E-state index contributed by atoms with van der Waals surface area (Å²) in [5.74, 6) is 0.111. The van der Waals surface area contributed by atoms with E-state index >= 15 is 0 Å². The maximum absolute atomic E-state index is 10.6. The number of nitriles is 1. The number of hydrogen-bond acceptors (Lipinski definition) is 4. The highest BCUT2D eigenvalue weighted by atomic mass is 16.6. The molecule has 0 bridgehead atoms. The number of allylic oxidation sites excluding steroid dienone is 1. The number of hydrogen-bond donors (Lipinski definition) is 1. The second kappa shape index (κ2) is 5.67. The van der Waals surface area contributed by atoms with Crippen molar-refractivity contribution in [1.82, 2.24) is 0 Å². The van der Waals surface area contributed by atoms with E-state index in [4.69, 9.17) is 0 Å². The van der Waals surface area contributed by atoms with Crippen molar-refractivity contribution in [3.63, 3.8) is 0 Å². The van der Waals surface area contributed by atoms with Gasteiger partial charge in [-0.25, -0.2) is 0 Å². The van der Waals surface area contributed by atoms with Crippen molar-refractivity contribution in [1.29, 1.82) is 5.26 Å². The van der Waals surface area contributed by atoms with Crippen LogP contribution in [0.1, 0.15) is 11.1 Å². The molecule has 0 aromatic heterocycles. The molecule has 5 heteroatoms. The van der Waals surface area contributed by atoms with E-state index < -0.39 is 4.92 Å². The van der Waals surface area contributed by atoms with E-state index in [1.54, 1.807) is 18.2 Å². The number of nitro benzene ring substituents is 1. The van der Waals surface area contributed by atoms with Gasteiger partial charge in [-0.05, 0) is 41.5 Å². The predicted molar refractivity (Wildman–Crippen MR) is 74.7 cm³/mol. The fourth-order valence-electron chi connectivity index (χ4n) is 1.72. The summed E-state index contributed by atoms with van der Waals surface area (Å²) >= 11 is 0. The molecule has 0 radical (unpaired) electrons. The number of nitro groups is 1. The van der Waals surface area contributed by atoms with Gasteiger partial charge in [0.05, 0.1) is 16.6 Å². The zero-order valence-electron chi connectivity index (χ0n) is 10.4. The number of rotatable bonds is 3. The molecule has 5 nitrogen and oxygen atoms in total. The van der Waals surface area contributed by atoms with Crippen molar-refractivity contribution < 1.29 is 10.0 Å². The van der Waals surface area contributed by atoms with Gasteiger partial charge < -0.3 is 5.11 Å². The molecule has 2 rings (SSSR count). The van der Waals surface area contributed by atoms with Crippen molar-refractivity contribution >= 4 is 17.3 Å². The van der Waals surface area contributed by atoms with Crippen LogP contribution < -0.4 is 0 Å². The Balaban J connectivity index is 2.37. The Kier molecular flexibility index (Phi) is 3.77. The minimum absolute atomic E-state index is 0.0246. The zero-order chi connectivity index (χ0) is 14.5. The summed E-state index contributed by atoms with van der Waals surface area (Å²) in [6, 6.07) is 14.3. The van der Waals surface area contributed by atoms with Crippen LogP contribution in [-0.2, 0) is 0 Å². The van der Waals surface area contributed by atoms with E-state index in [1.165, 1.54) is 36.4 Å². The lowest BCUT2D eigenvalue weighted by atomic mass is 10.0. The van der Waals surface area contributed by atoms with Gasteiger partial charge in [0.1, 0.15) is 5.75 Å². The summed E-state index contributed by atoms with van der Waals surface area (Å²) in [4.78, 5) is 10.1. The van der Waals surface area contributed by atoms with Gasteiger partial charge in [0, 0.05) is 12.1 Å². The maximum Gasteiger partial charge on any atom is 0.269 e. The fraction of sp³-hybridized carbons (Fsp3) is 0. The fourth-order valence-corrected chi connectivity index (χ4v) is 1.72. The average Bonchev–Trinajstić information content (AvgIpc) is 2.45. The van der Waals surface area contributed by atoms with Crippen LogP contribution in [0.25, 0.3) is 11.6 Å². The lowest BCUT2D eigenvalue weighted by molar-refractivity contribution is -0.384. The molecule has 0 saturated heterocycles. The van der Waals surface area contributed by atoms with Crippen molar-refractivity contribution in [2.24, 2.45) is 0 Å². The van der Waals surface area contributed by atoms with Crippen LogP contribution in [0.4, 0.5) is 5.69 Å². The van der Waals surface area contributed by atoms with Crippen molar-refractivity contribution in [2.75, 3.05) is 0 Å². The predicted octanol–water partition coefficient (Wildman–Crippen LogP) is 3.36. The maximum atomic E-state index is 10.6. The molecule has 0 aliphatic rings. The van der Waals surface area contributed by atoms with Crippen LogP contribution in [0.5, 0.6) is 5.75 Å². The largest absolute Gasteiger partial charge is 0.508 e. The second-order valence-electron chi connectivity index (χ2n) is 4.07. The molecule has 2 aromatic rings. The van der Waals surface area contributed by atoms with Gasteiger partial charge in [0.15, 0.2) is 0 Å². The Bertz CT molecular complexity index is 713. The van der Waals surface area contributed by atoms with E-state index in [1.807, 2.05) is 6.07 Å². The molecule has 0 unspecified atom stereocenters. The highest BCUT2D eigenvalue weighted by Gasteiger charge is 2.06. The molecule has 0 aliphatic carbocycles. The van der Waals surface area contributed by atoms with Crippen LogP contribution in [0.3, 0.4) is 0 Å².